The molecule has 1 aliphatic rings. The van der Waals surface area contributed by atoms with E-state index in [1.54, 1.807) is 11.8 Å². The average Bonchev–Trinajstić information content (AvgIpc) is 2.30. The van der Waals surface area contributed by atoms with Crippen LogP contribution in [0.25, 0.3) is 0 Å². The molecule has 17 heavy (non-hydrogen) atoms. The van der Waals surface area contributed by atoms with Crippen molar-refractivity contribution in [2.24, 2.45) is 0 Å². The summed E-state index contributed by atoms with van der Waals surface area (Å²) >= 11 is 0. The van der Waals surface area contributed by atoms with E-state index in [-0.39, 0.29) is 6.61 Å². The van der Waals surface area contributed by atoms with E-state index < -0.39 is 18.5 Å². The molecule has 1 unspecified atom stereocenters. The van der Waals surface area contributed by atoms with E-state index >= 15 is 0 Å². The molecule has 1 saturated heterocycles. The molecule has 1 amide bonds. The fourth-order valence-corrected chi connectivity index (χ4v) is 1.60. The Morgan fingerprint density at radius 2 is 1.82 bits per heavy atom. The highest BCUT2D eigenvalue weighted by molar-refractivity contribution is 5.68. The van der Waals surface area contributed by atoms with Crippen LogP contribution >= 0.6 is 0 Å². The van der Waals surface area contributed by atoms with Crippen LogP contribution in [0.5, 0.6) is 0 Å². The highest BCUT2D eigenvalue weighted by Gasteiger charge is 2.21. The van der Waals surface area contributed by atoms with Crippen LogP contribution in [0.2, 0.25) is 0 Å². The summed E-state index contributed by atoms with van der Waals surface area (Å²) in [5.41, 5.74) is 0. The summed E-state index contributed by atoms with van der Waals surface area (Å²) < 4.78 is 14.3. The van der Waals surface area contributed by atoms with E-state index in [4.69, 9.17) is 9.47 Å². The Labute approximate surface area is 101 Å². The van der Waals surface area contributed by atoms with Gasteiger partial charge in [-0.3, -0.25) is 0 Å². The molecule has 0 bridgehead atoms. The first kappa shape index (κ1) is 13.6. The van der Waals surface area contributed by atoms with Crippen molar-refractivity contribution in [3.63, 3.8) is 0 Å². The van der Waals surface area contributed by atoms with Gasteiger partial charge in [0.1, 0.15) is 0 Å². The van der Waals surface area contributed by atoms with Crippen LogP contribution in [-0.2, 0) is 14.2 Å². The number of ether oxygens (including phenoxy) is 3. The first-order valence-corrected chi connectivity index (χ1v) is 5.92. The summed E-state index contributed by atoms with van der Waals surface area (Å²) in [6.07, 6.45) is 0.916. The van der Waals surface area contributed by atoms with Crippen LogP contribution in [0.3, 0.4) is 0 Å². The Balaban J connectivity index is 2.26. The summed E-state index contributed by atoms with van der Waals surface area (Å²) in [7, 11) is 0. The number of rotatable bonds is 3. The number of carbonyl (C=O) groups excluding carboxylic acids is 2. The zero-order valence-corrected chi connectivity index (χ0v) is 10.3. The lowest BCUT2D eigenvalue weighted by atomic mass is 10.1. The van der Waals surface area contributed by atoms with Gasteiger partial charge in [0.05, 0.1) is 6.61 Å². The molecule has 0 saturated carbocycles. The smallest absolute Gasteiger partial charge is 0.435 e. The summed E-state index contributed by atoms with van der Waals surface area (Å²) in [5, 5.41) is 0. The monoisotopic (exact) mass is 245 g/mol. The van der Waals surface area contributed by atoms with Crippen molar-refractivity contribution < 1.29 is 23.8 Å². The van der Waals surface area contributed by atoms with E-state index in [1.165, 1.54) is 6.92 Å². The first-order chi connectivity index (χ1) is 8.13. The van der Waals surface area contributed by atoms with Crippen molar-refractivity contribution in [2.75, 3.05) is 19.7 Å². The van der Waals surface area contributed by atoms with Crippen molar-refractivity contribution in [3.8, 4) is 0 Å². The molecule has 1 heterocycles. The van der Waals surface area contributed by atoms with Gasteiger partial charge in [-0.25, -0.2) is 9.59 Å². The predicted octanol–water partition coefficient (Wildman–Crippen LogP) is 2.13. The van der Waals surface area contributed by atoms with E-state index in [9.17, 15) is 9.59 Å². The van der Waals surface area contributed by atoms with Gasteiger partial charge < -0.3 is 19.1 Å². The third kappa shape index (κ3) is 4.93. The highest BCUT2D eigenvalue weighted by Crippen LogP contribution is 2.11. The van der Waals surface area contributed by atoms with Crippen molar-refractivity contribution in [2.45, 2.75) is 39.4 Å². The molecule has 0 aromatic carbocycles. The van der Waals surface area contributed by atoms with Gasteiger partial charge in [-0.05, 0) is 26.2 Å². The third-order valence-electron chi connectivity index (χ3n) is 2.41. The summed E-state index contributed by atoms with van der Waals surface area (Å²) in [6, 6.07) is 0. The molecule has 0 N–H and O–H groups in total. The second-order valence-corrected chi connectivity index (χ2v) is 3.80. The van der Waals surface area contributed by atoms with E-state index in [1.807, 2.05) is 0 Å². The van der Waals surface area contributed by atoms with E-state index in [2.05, 4.69) is 4.74 Å². The largest absolute Gasteiger partial charge is 0.511 e. The van der Waals surface area contributed by atoms with Gasteiger partial charge >= 0.3 is 12.2 Å². The second-order valence-electron chi connectivity index (χ2n) is 3.80. The maximum Gasteiger partial charge on any atom is 0.511 e. The standard InChI is InChI=1S/C11H19NO5/c1-3-15-11(14)17-9(2)16-10(13)12-7-5-4-6-8-12/h9H,3-8H2,1-2H3. The number of carbonyl (C=O) groups is 2. The molecule has 1 atom stereocenters. The Kier molecular flexibility index (Phi) is 5.59. The number of hydrogen-bond donors (Lipinski definition) is 0. The third-order valence-corrected chi connectivity index (χ3v) is 2.41. The van der Waals surface area contributed by atoms with Gasteiger partial charge in [-0.15, -0.1) is 0 Å². The molecular weight excluding hydrogens is 226 g/mol. The minimum Gasteiger partial charge on any atom is -0.435 e. The predicted molar refractivity (Wildman–Crippen MR) is 59.5 cm³/mol. The summed E-state index contributed by atoms with van der Waals surface area (Å²) in [4.78, 5) is 24.2. The molecule has 1 aliphatic heterocycles. The normalized spacial score (nSPS) is 17.2. The van der Waals surface area contributed by atoms with Crippen molar-refractivity contribution in [1.82, 2.24) is 4.90 Å². The average molecular weight is 245 g/mol. The number of nitrogens with zero attached hydrogens (tertiary/aromatic N) is 1. The van der Waals surface area contributed by atoms with Crippen molar-refractivity contribution in [1.29, 1.82) is 0 Å². The molecule has 0 radical (unpaired) electrons. The zero-order chi connectivity index (χ0) is 12.7. The highest BCUT2D eigenvalue weighted by atomic mass is 16.8. The van der Waals surface area contributed by atoms with E-state index in [0.717, 1.165) is 19.3 Å². The molecule has 98 valence electrons. The fraction of sp³-hybridized carbons (Fsp3) is 0.818. The Hall–Kier alpha value is -1.46. The Bertz CT molecular complexity index is 263. The first-order valence-electron chi connectivity index (χ1n) is 5.92. The number of likely N-dealkylation sites (tertiary alicyclic amines) is 1. The molecule has 0 aliphatic carbocycles. The fourth-order valence-electron chi connectivity index (χ4n) is 1.60. The van der Waals surface area contributed by atoms with Gasteiger partial charge in [0, 0.05) is 20.0 Å². The van der Waals surface area contributed by atoms with Gasteiger partial charge in [-0.2, -0.15) is 0 Å². The Morgan fingerprint density at radius 3 is 2.41 bits per heavy atom. The number of piperidine rings is 1. The molecule has 0 aromatic heterocycles. The molecule has 0 aromatic rings. The second kappa shape index (κ2) is 6.98. The Morgan fingerprint density at radius 1 is 1.18 bits per heavy atom. The maximum atomic E-state index is 11.6. The van der Waals surface area contributed by atoms with Crippen LogP contribution in [0.15, 0.2) is 0 Å². The lowest BCUT2D eigenvalue weighted by Crippen LogP contribution is -2.38. The van der Waals surface area contributed by atoms with Gasteiger partial charge in [0.2, 0.25) is 6.29 Å². The SMILES string of the molecule is CCOC(=O)OC(C)OC(=O)N1CCCCC1. The number of amides is 1. The molecular formula is C11H19NO5. The molecule has 0 spiro atoms. The van der Waals surface area contributed by atoms with Crippen LogP contribution in [0.4, 0.5) is 9.59 Å². The lowest BCUT2D eigenvalue weighted by Gasteiger charge is -2.27. The minimum absolute atomic E-state index is 0.228. The van der Waals surface area contributed by atoms with Crippen LogP contribution in [0, 0.1) is 0 Å². The molecule has 6 heteroatoms. The molecule has 6 nitrogen and oxygen atoms in total. The van der Waals surface area contributed by atoms with Crippen molar-refractivity contribution >= 4 is 12.2 Å². The van der Waals surface area contributed by atoms with Gasteiger partial charge in [-0.1, -0.05) is 0 Å². The topological polar surface area (TPSA) is 65.1 Å². The number of hydrogen-bond acceptors (Lipinski definition) is 5. The quantitative estimate of drug-likeness (QED) is 0.563. The summed E-state index contributed by atoms with van der Waals surface area (Å²) in [6.45, 7) is 4.78. The van der Waals surface area contributed by atoms with Crippen LogP contribution < -0.4 is 0 Å². The van der Waals surface area contributed by atoms with E-state index in [0.29, 0.717) is 13.1 Å². The van der Waals surface area contributed by atoms with Crippen LogP contribution in [-0.4, -0.2) is 43.1 Å². The van der Waals surface area contributed by atoms with Gasteiger partial charge in [0.25, 0.3) is 0 Å². The minimum atomic E-state index is -0.927. The van der Waals surface area contributed by atoms with Crippen molar-refractivity contribution in [3.05, 3.63) is 0 Å². The summed E-state index contributed by atoms with van der Waals surface area (Å²) in [5.74, 6) is 0. The molecule has 1 fully saturated rings. The van der Waals surface area contributed by atoms with Gasteiger partial charge in [0.15, 0.2) is 0 Å². The zero-order valence-electron chi connectivity index (χ0n) is 10.3. The lowest BCUT2D eigenvalue weighted by molar-refractivity contribution is -0.0826. The van der Waals surface area contributed by atoms with Crippen LogP contribution in [0.1, 0.15) is 33.1 Å². The molecule has 1 rings (SSSR count). The maximum absolute atomic E-state index is 11.6.